The van der Waals surface area contributed by atoms with Crippen molar-refractivity contribution in [2.45, 2.75) is 45.8 Å². The molecule has 1 fully saturated rings. The molecule has 1 saturated heterocycles. The summed E-state index contributed by atoms with van der Waals surface area (Å²) >= 11 is 0. The second-order valence-electron chi connectivity index (χ2n) is 8.46. The molecule has 164 valence electrons. The maximum atomic E-state index is 13.0. The summed E-state index contributed by atoms with van der Waals surface area (Å²) in [6, 6.07) is 9.58. The van der Waals surface area contributed by atoms with Gasteiger partial charge in [-0.2, -0.15) is 10.5 Å². The fourth-order valence-corrected chi connectivity index (χ4v) is 4.59. The summed E-state index contributed by atoms with van der Waals surface area (Å²) in [6.45, 7) is 9.46. The summed E-state index contributed by atoms with van der Waals surface area (Å²) in [5.41, 5.74) is 2.41. The van der Waals surface area contributed by atoms with Crippen LogP contribution in [0.3, 0.4) is 0 Å². The van der Waals surface area contributed by atoms with E-state index in [-0.39, 0.29) is 34.9 Å². The van der Waals surface area contributed by atoms with Crippen LogP contribution >= 0.6 is 0 Å². The van der Waals surface area contributed by atoms with E-state index >= 15 is 0 Å². The standard InChI is InChI=1S/C23H25N7O2/c1-13-12-30(14(2)11-29(13)16(4)19-8-15(3)32-27-19)22-18(10-25)23(31)28(5)20-7-6-17(9-24)26-21(20)22/h6-8,13-14,16H,11-12H2,1-5H3/t13-,14+,16?/m1/s1. The van der Waals surface area contributed by atoms with E-state index in [1.807, 2.05) is 13.0 Å². The zero-order valence-electron chi connectivity index (χ0n) is 18.8. The van der Waals surface area contributed by atoms with E-state index in [9.17, 15) is 15.3 Å². The zero-order valence-corrected chi connectivity index (χ0v) is 18.8. The highest BCUT2D eigenvalue weighted by atomic mass is 16.5. The van der Waals surface area contributed by atoms with E-state index in [1.54, 1.807) is 19.2 Å². The fourth-order valence-electron chi connectivity index (χ4n) is 4.59. The van der Waals surface area contributed by atoms with Gasteiger partial charge in [0.05, 0.1) is 17.2 Å². The maximum absolute atomic E-state index is 13.0. The minimum atomic E-state index is -0.366. The minimum Gasteiger partial charge on any atom is -0.363 e. The van der Waals surface area contributed by atoms with Crippen molar-refractivity contribution in [3.8, 4) is 12.1 Å². The number of piperazine rings is 1. The summed E-state index contributed by atoms with van der Waals surface area (Å²) in [4.78, 5) is 21.9. The molecule has 0 radical (unpaired) electrons. The molecular weight excluding hydrogens is 406 g/mol. The van der Waals surface area contributed by atoms with Gasteiger partial charge >= 0.3 is 0 Å². The summed E-state index contributed by atoms with van der Waals surface area (Å²) in [7, 11) is 1.62. The first-order valence-corrected chi connectivity index (χ1v) is 10.6. The number of anilines is 1. The molecule has 32 heavy (non-hydrogen) atoms. The van der Waals surface area contributed by atoms with Crippen molar-refractivity contribution in [1.29, 1.82) is 10.5 Å². The van der Waals surface area contributed by atoms with Crippen molar-refractivity contribution in [2.75, 3.05) is 18.0 Å². The smallest absolute Gasteiger partial charge is 0.270 e. The third-order valence-corrected chi connectivity index (χ3v) is 6.33. The molecule has 0 aromatic carbocycles. The number of hydrogen-bond donors (Lipinski definition) is 0. The van der Waals surface area contributed by atoms with Gasteiger partial charge in [0, 0.05) is 38.3 Å². The van der Waals surface area contributed by atoms with E-state index in [2.05, 4.69) is 52.9 Å². The Bertz CT molecular complexity index is 1330. The number of rotatable bonds is 3. The van der Waals surface area contributed by atoms with Crippen LogP contribution in [0, 0.1) is 29.6 Å². The summed E-state index contributed by atoms with van der Waals surface area (Å²) in [5, 5.41) is 23.4. The largest absolute Gasteiger partial charge is 0.363 e. The molecule has 1 aliphatic rings. The fraction of sp³-hybridized carbons (Fsp3) is 0.435. The van der Waals surface area contributed by atoms with Crippen LogP contribution in [0.5, 0.6) is 0 Å². The van der Waals surface area contributed by atoms with Crippen LogP contribution in [-0.4, -0.2) is 44.8 Å². The Morgan fingerprint density at radius 1 is 1.19 bits per heavy atom. The van der Waals surface area contributed by atoms with Gasteiger partial charge in [0.1, 0.15) is 40.4 Å². The molecule has 1 aliphatic heterocycles. The second kappa shape index (κ2) is 8.10. The molecule has 3 atom stereocenters. The van der Waals surface area contributed by atoms with E-state index in [4.69, 9.17) is 4.52 Å². The van der Waals surface area contributed by atoms with Crippen molar-refractivity contribution < 1.29 is 4.52 Å². The van der Waals surface area contributed by atoms with Crippen LogP contribution in [0.15, 0.2) is 27.5 Å². The first kappa shape index (κ1) is 21.5. The van der Waals surface area contributed by atoms with Crippen molar-refractivity contribution in [1.82, 2.24) is 19.6 Å². The van der Waals surface area contributed by atoms with Crippen molar-refractivity contribution in [3.05, 3.63) is 51.3 Å². The first-order chi connectivity index (χ1) is 15.3. The number of nitriles is 2. The average Bonchev–Trinajstić information content (AvgIpc) is 3.23. The van der Waals surface area contributed by atoms with Crippen molar-refractivity contribution in [2.24, 2.45) is 7.05 Å². The van der Waals surface area contributed by atoms with Gasteiger partial charge in [0.2, 0.25) is 0 Å². The predicted molar refractivity (Wildman–Crippen MR) is 119 cm³/mol. The van der Waals surface area contributed by atoms with Crippen LogP contribution in [0.1, 0.15) is 49.5 Å². The average molecular weight is 432 g/mol. The van der Waals surface area contributed by atoms with Crippen LogP contribution < -0.4 is 10.5 Å². The number of fused-ring (bicyclic) bond motifs is 1. The third kappa shape index (κ3) is 3.41. The number of pyridine rings is 2. The van der Waals surface area contributed by atoms with Crippen LogP contribution in [0.2, 0.25) is 0 Å². The highest BCUT2D eigenvalue weighted by Gasteiger charge is 2.36. The zero-order chi connectivity index (χ0) is 23.2. The van der Waals surface area contributed by atoms with Gasteiger partial charge in [-0.05, 0) is 39.8 Å². The molecule has 0 spiro atoms. The van der Waals surface area contributed by atoms with Gasteiger partial charge in [-0.15, -0.1) is 0 Å². The molecule has 0 saturated carbocycles. The molecular formula is C23H25N7O2. The third-order valence-electron chi connectivity index (χ3n) is 6.33. The lowest BCUT2D eigenvalue weighted by molar-refractivity contribution is 0.115. The lowest BCUT2D eigenvalue weighted by atomic mass is 10.0. The molecule has 0 amide bonds. The van der Waals surface area contributed by atoms with Gasteiger partial charge < -0.3 is 14.0 Å². The Hall–Kier alpha value is -3.69. The predicted octanol–water partition coefficient (Wildman–Crippen LogP) is 2.63. The molecule has 0 bridgehead atoms. The summed E-state index contributed by atoms with van der Waals surface area (Å²) in [5.74, 6) is 0.774. The molecule has 4 rings (SSSR count). The Labute approximate surface area is 186 Å². The Kier molecular flexibility index (Phi) is 5.45. The monoisotopic (exact) mass is 431 g/mol. The van der Waals surface area contributed by atoms with Gasteiger partial charge in [0.15, 0.2) is 0 Å². The van der Waals surface area contributed by atoms with Gasteiger partial charge in [0.25, 0.3) is 5.56 Å². The van der Waals surface area contributed by atoms with Crippen LogP contribution in [-0.2, 0) is 7.05 Å². The van der Waals surface area contributed by atoms with E-state index < -0.39 is 0 Å². The van der Waals surface area contributed by atoms with E-state index in [1.165, 1.54) is 4.57 Å². The molecule has 9 heteroatoms. The molecule has 4 heterocycles. The molecule has 9 nitrogen and oxygen atoms in total. The van der Waals surface area contributed by atoms with Crippen LogP contribution in [0.4, 0.5) is 5.69 Å². The normalized spacial score (nSPS) is 20.2. The molecule has 3 aromatic heterocycles. The van der Waals surface area contributed by atoms with Gasteiger partial charge in [-0.25, -0.2) is 4.98 Å². The molecule has 0 N–H and O–H groups in total. The number of nitrogens with zero attached hydrogens (tertiary/aromatic N) is 7. The topological polar surface area (TPSA) is 115 Å². The lowest BCUT2D eigenvalue weighted by Crippen LogP contribution is -2.57. The number of hydrogen-bond acceptors (Lipinski definition) is 8. The highest BCUT2D eigenvalue weighted by Crippen LogP contribution is 2.34. The minimum absolute atomic E-state index is 0.00315. The van der Waals surface area contributed by atoms with E-state index in [0.717, 1.165) is 11.5 Å². The number of aryl methyl sites for hydroxylation is 2. The Balaban J connectivity index is 1.80. The SMILES string of the molecule is Cc1cc(C(C)N2C[C@H](C)N(c3c(C#N)c(=O)n(C)c4ccc(C#N)nc34)C[C@H]2C)no1. The quantitative estimate of drug-likeness (QED) is 0.622. The Morgan fingerprint density at radius 3 is 2.56 bits per heavy atom. The summed E-state index contributed by atoms with van der Waals surface area (Å²) < 4.78 is 6.68. The highest BCUT2D eigenvalue weighted by molar-refractivity contribution is 5.92. The van der Waals surface area contributed by atoms with Crippen LogP contribution in [0.25, 0.3) is 11.0 Å². The van der Waals surface area contributed by atoms with Gasteiger partial charge in [-0.1, -0.05) is 5.16 Å². The first-order valence-electron chi connectivity index (χ1n) is 10.6. The molecule has 1 unspecified atom stereocenters. The lowest BCUT2D eigenvalue weighted by Gasteiger charge is -2.47. The second-order valence-corrected chi connectivity index (χ2v) is 8.46. The summed E-state index contributed by atoms with van der Waals surface area (Å²) in [6.07, 6.45) is 0. The Morgan fingerprint density at radius 2 is 1.94 bits per heavy atom. The maximum Gasteiger partial charge on any atom is 0.270 e. The van der Waals surface area contributed by atoms with E-state index in [0.29, 0.717) is 29.8 Å². The van der Waals surface area contributed by atoms with Crippen molar-refractivity contribution >= 4 is 16.7 Å². The van der Waals surface area contributed by atoms with Gasteiger partial charge in [-0.3, -0.25) is 9.69 Å². The number of aromatic nitrogens is 3. The van der Waals surface area contributed by atoms with Crippen molar-refractivity contribution in [3.63, 3.8) is 0 Å². The molecule has 3 aromatic rings. The molecule has 0 aliphatic carbocycles.